The van der Waals surface area contributed by atoms with Crippen LogP contribution in [-0.4, -0.2) is 18.2 Å². The van der Waals surface area contributed by atoms with Crippen molar-refractivity contribution in [1.82, 2.24) is 0 Å². The number of benzene rings is 2. The van der Waals surface area contributed by atoms with E-state index in [4.69, 9.17) is 4.74 Å². The largest absolute Gasteiger partial charge is 0.494 e. The smallest absolute Gasteiger partial charge is 0.336 e. The van der Waals surface area contributed by atoms with Gasteiger partial charge in [0.05, 0.1) is 12.7 Å². The summed E-state index contributed by atoms with van der Waals surface area (Å²) in [4.78, 5) is 11.2. The van der Waals surface area contributed by atoms with Crippen LogP contribution in [0.15, 0.2) is 36.4 Å². The average molecular weight is 260 g/mol. The second-order valence-electron chi connectivity index (χ2n) is 4.18. The van der Waals surface area contributed by atoms with Gasteiger partial charge in [-0.3, -0.25) is 0 Å². The zero-order valence-corrected chi connectivity index (χ0v) is 10.6. The maximum absolute atomic E-state index is 14.2. The summed E-state index contributed by atoms with van der Waals surface area (Å²) < 4.78 is 19.1. The van der Waals surface area contributed by atoms with E-state index in [0.29, 0.717) is 5.56 Å². The number of aromatic carboxylic acids is 1. The number of carboxylic acid groups (broad SMARTS) is 1. The third-order valence-corrected chi connectivity index (χ3v) is 2.88. The molecule has 0 amide bonds. The van der Waals surface area contributed by atoms with Crippen LogP contribution in [0.4, 0.5) is 4.39 Å². The number of halogens is 1. The predicted molar refractivity (Wildman–Crippen MR) is 70.1 cm³/mol. The van der Waals surface area contributed by atoms with Crippen molar-refractivity contribution in [3.05, 3.63) is 53.3 Å². The fraction of sp³-hybridized carbons (Fsp3) is 0.133. The van der Waals surface area contributed by atoms with Crippen LogP contribution < -0.4 is 4.74 Å². The number of methoxy groups -OCH3 is 1. The normalized spacial score (nSPS) is 10.3. The van der Waals surface area contributed by atoms with Crippen molar-refractivity contribution < 1.29 is 19.0 Å². The summed E-state index contributed by atoms with van der Waals surface area (Å²) in [5.74, 6) is -1.55. The molecule has 0 unspecified atom stereocenters. The monoisotopic (exact) mass is 260 g/mol. The van der Waals surface area contributed by atoms with Crippen molar-refractivity contribution in [3.63, 3.8) is 0 Å². The van der Waals surface area contributed by atoms with Crippen LogP contribution >= 0.6 is 0 Å². The minimum absolute atomic E-state index is 0.0674. The number of carboxylic acids is 1. The van der Waals surface area contributed by atoms with Crippen LogP contribution in [0, 0.1) is 12.7 Å². The first-order valence-electron chi connectivity index (χ1n) is 5.71. The van der Waals surface area contributed by atoms with Gasteiger partial charge in [0.25, 0.3) is 0 Å². The molecule has 0 saturated carbocycles. The number of rotatable bonds is 3. The molecule has 3 nitrogen and oxygen atoms in total. The quantitative estimate of drug-likeness (QED) is 0.918. The Hall–Kier alpha value is -2.36. The van der Waals surface area contributed by atoms with Gasteiger partial charge >= 0.3 is 5.97 Å². The fourth-order valence-corrected chi connectivity index (χ4v) is 1.94. The van der Waals surface area contributed by atoms with Crippen LogP contribution in [0.1, 0.15) is 15.9 Å². The molecule has 0 aliphatic rings. The molecule has 0 heterocycles. The Bertz CT molecular complexity index is 635. The van der Waals surface area contributed by atoms with Crippen molar-refractivity contribution in [2.75, 3.05) is 7.11 Å². The number of aryl methyl sites for hydroxylation is 1. The summed E-state index contributed by atoms with van der Waals surface area (Å²) in [7, 11) is 1.37. The van der Waals surface area contributed by atoms with E-state index in [1.807, 2.05) is 6.92 Å². The highest BCUT2D eigenvalue weighted by Gasteiger charge is 2.17. The molecule has 0 aliphatic carbocycles. The minimum atomic E-state index is -1.09. The van der Waals surface area contributed by atoms with Crippen molar-refractivity contribution in [1.29, 1.82) is 0 Å². The summed E-state index contributed by atoms with van der Waals surface area (Å²) in [5, 5.41) is 9.18. The number of ether oxygens (including phenoxy) is 1. The van der Waals surface area contributed by atoms with Crippen LogP contribution in [0.25, 0.3) is 11.1 Å². The maximum Gasteiger partial charge on any atom is 0.336 e. The molecule has 0 saturated heterocycles. The van der Waals surface area contributed by atoms with Gasteiger partial charge < -0.3 is 9.84 Å². The molecule has 2 aromatic carbocycles. The van der Waals surface area contributed by atoms with E-state index in [1.54, 1.807) is 24.3 Å². The van der Waals surface area contributed by atoms with Gasteiger partial charge in [-0.25, -0.2) is 9.18 Å². The summed E-state index contributed by atoms with van der Waals surface area (Å²) in [6.45, 7) is 1.83. The van der Waals surface area contributed by atoms with E-state index >= 15 is 0 Å². The SMILES string of the molecule is COc1cccc(-c2cc(C)ccc2C(=O)O)c1F. The first-order valence-corrected chi connectivity index (χ1v) is 5.71. The predicted octanol–water partition coefficient (Wildman–Crippen LogP) is 3.51. The lowest BCUT2D eigenvalue weighted by Crippen LogP contribution is -2.01. The maximum atomic E-state index is 14.2. The minimum Gasteiger partial charge on any atom is -0.494 e. The standard InChI is InChI=1S/C15H13FO3/c1-9-6-7-11(15(17)18)12(8-9)10-4-3-5-13(19-2)14(10)16/h3-8H,1-2H3,(H,17,18). The molecule has 2 aromatic rings. The molecule has 19 heavy (non-hydrogen) atoms. The van der Waals surface area contributed by atoms with Gasteiger partial charge in [-0.15, -0.1) is 0 Å². The van der Waals surface area contributed by atoms with Crippen LogP contribution in [0.3, 0.4) is 0 Å². The molecule has 0 aliphatic heterocycles. The van der Waals surface area contributed by atoms with Gasteiger partial charge in [0, 0.05) is 5.56 Å². The molecule has 0 bridgehead atoms. The van der Waals surface area contributed by atoms with Crippen LogP contribution in [0.5, 0.6) is 5.75 Å². The van der Waals surface area contributed by atoms with E-state index in [-0.39, 0.29) is 16.9 Å². The fourth-order valence-electron chi connectivity index (χ4n) is 1.94. The number of hydrogen-bond donors (Lipinski definition) is 1. The second kappa shape index (κ2) is 5.10. The van der Waals surface area contributed by atoms with Gasteiger partial charge in [-0.1, -0.05) is 29.8 Å². The van der Waals surface area contributed by atoms with Crippen LogP contribution in [0.2, 0.25) is 0 Å². The first kappa shape index (κ1) is 13.1. The summed E-state index contributed by atoms with van der Waals surface area (Å²) in [6, 6.07) is 9.48. The van der Waals surface area contributed by atoms with E-state index in [9.17, 15) is 14.3 Å². The Balaban J connectivity index is 2.71. The third-order valence-electron chi connectivity index (χ3n) is 2.88. The molecule has 0 aromatic heterocycles. The summed E-state index contributed by atoms with van der Waals surface area (Å²) >= 11 is 0. The molecule has 98 valence electrons. The van der Waals surface area contributed by atoms with Crippen LogP contribution in [-0.2, 0) is 0 Å². The van der Waals surface area contributed by atoms with E-state index in [0.717, 1.165) is 5.56 Å². The van der Waals surface area contributed by atoms with Gasteiger partial charge in [0.1, 0.15) is 0 Å². The van der Waals surface area contributed by atoms with Gasteiger partial charge in [-0.05, 0) is 24.6 Å². The highest BCUT2D eigenvalue weighted by Crippen LogP contribution is 2.31. The first-order chi connectivity index (χ1) is 9.04. The molecular formula is C15H13FO3. The van der Waals surface area contributed by atoms with Crippen molar-refractivity contribution >= 4 is 5.97 Å². The molecular weight excluding hydrogens is 247 g/mol. The Morgan fingerprint density at radius 2 is 1.95 bits per heavy atom. The van der Waals surface area contributed by atoms with Crippen molar-refractivity contribution in [2.24, 2.45) is 0 Å². The molecule has 0 fully saturated rings. The lowest BCUT2D eigenvalue weighted by atomic mass is 9.97. The number of hydrogen-bond acceptors (Lipinski definition) is 2. The Labute approximate surface area is 110 Å². The van der Waals surface area contributed by atoms with E-state index < -0.39 is 11.8 Å². The lowest BCUT2D eigenvalue weighted by molar-refractivity contribution is 0.0697. The molecule has 0 radical (unpaired) electrons. The Kier molecular flexibility index (Phi) is 3.51. The number of carbonyl (C=O) groups is 1. The Morgan fingerprint density at radius 1 is 1.21 bits per heavy atom. The van der Waals surface area contributed by atoms with Gasteiger partial charge in [0.15, 0.2) is 11.6 Å². The zero-order chi connectivity index (χ0) is 14.0. The molecule has 0 atom stereocenters. The molecule has 4 heteroatoms. The highest BCUT2D eigenvalue weighted by atomic mass is 19.1. The molecule has 1 N–H and O–H groups in total. The van der Waals surface area contributed by atoms with Gasteiger partial charge in [-0.2, -0.15) is 0 Å². The van der Waals surface area contributed by atoms with Crippen molar-refractivity contribution in [3.8, 4) is 16.9 Å². The van der Waals surface area contributed by atoms with E-state index in [1.165, 1.54) is 19.2 Å². The average Bonchev–Trinajstić information content (AvgIpc) is 2.38. The summed E-state index contributed by atoms with van der Waals surface area (Å²) in [5.41, 5.74) is 1.50. The Morgan fingerprint density at radius 3 is 2.58 bits per heavy atom. The highest BCUT2D eigenvalue weighted by molar-refractivity contribution is 5.96. The topological polar surface area (TPSA) is 46.5 Å². The summed E-state index contributed by atoms with van der Waals surface area (Å²) in [6.07, 6.45) is 0. The molecule has 2 rings (SSSR count). The molecule has 0 spiro atoms. The third kappa shape index (κ3) is 2.42. The van der Waals surface area contributed by atoms with E-state index in [2.05, 4.69) is 0 Å². The lowest BCUT2D eigenvalue weighted by Gasteiger charge is -2.11. The van der Waals surface area contributed by atoms with Gasteiger partial charge in [0.2, 0.25) is 0 Å². The zero-order valence-electron chi connectivity index (χ0n) is 10.6. The second-order valence-corrected chi connectivity index (χ2v) is 4.18. The van der Waals surface area contributed by atoms with Crippen molar-refractivity contribution in [2.45, 2.75) is 6.92 Å².